The first-order chi connectivity index (χ1) is 10.1. The van der Waals surface area contributed by atoms with Gasteiger partial charge in [0.2, 0.25) is 5.91 Å². The second-order valence-corrected chi connectivity index (χ2v) is 6.20. The summed E-state index contributed by atoms with van der Waals surface area (Å²) in [4.78, 5) is 14.3. The zero-order valence-electron chi connectivity index (χ0n) is 12.6. The first-order valence-electron chi connectivity index (χ1n) is 7.65. The van der Waals surface area contributed by atoms with Crippen LogP contribution in [0.1, 0.15) is 32.6 Å². The minimum atomic E-state index is 0.00524. The normalized spacial score (nSPS) is 16.9. The highest BCUT2D eigenvalue weighted by molar-refractivity contribution is 6.33. The van der Waals surface area contributed by atoms with Gasteiger partial charge in [0.25, 0.3) is 0 Å². The second-order valence-electron chi connectivity index (χ2n) is 5.79. The van der Waals surface area contributed by atoms with Gasteiger partial charge < -0.3 is 11.1 Å². The van der Waals surface area contributed by atoms with Gasteiger partial charge in [-0.15, -0.1) is 0 Å². The fraction of sp³-hybridized carbons (Fsp3) is 0.562. The number of anilines is 2. The van der Waals surface area contributed by atoms with Gasteiger partial charge >= 0.3 is 0 Å². The molecule has 1 amide bonds. The first kappa shape index (κ1) is 16.1. The molecule has 3 N–H and O–H groups in total. The Morgan fingerprint density at radius 3 is 2.76 bits per heavy atom. The number of carbonyl (C=O) groups is 1. The van der Waals surface area contributed by atoms with Crippen molar-refractivity contribution in [1.82, 2.24) is 4.90 Å². The van der Waals surface area contributed by atoms with Crippen molar-refractivity contribution in [2.75, 3.05) is 30.7 Å². The quantitative estimate of drug-likeness (QED) is 0.820. The summed E-state index contributed by atoms with van der Waals surface area (Å²) in [6.45, 7) is 4.71. The van der Waals surface area contributed by atoms with E-state index < -0.39 is 0 Å². The number of nitrogens with one attached hydrogen (secondary N) is 1. The van der Waals surface area contributed by atoms with Crippen molar-refractivity contribution < 1.29 is 4.79 Å². The van der Waals surface area contributed by atoms with Crippen molar-refractivity contribution in [3.63, 3.8) is 0 Å². The second kappa shape index (κ2) is 7.66. The number of piperidine rings is 1. The van der Waals surface area contributed by atoms with Gasteiger partial charge in [0.1, 0.15) is 0 Å². The maximum Gasteiger partial charge on any atom is 0.238 e. The molecule has 1 aromatic carbocycles. The number of hydrogen-bond donors (Lipinski definition) is 2. The molecule has 1 aromatic rings. The third-order valence-corrected chi connectivity index (χ3v) is 4.40. The number of carbonyl (C=O) groups excluding carboxylic acids is 1. The van der Waals surface area contributed by atoms with Crippen LogP contribution in [0.25, 0.3) is 0 Å². The molecule has 0 aliphatic carbocycles. The topological polar surface area (TPSA) is 58.4 Å². The van der Waals surface area contributed by atoms with Crippen molar-refractivity contribution in [2.45, 2.75) is 32.6 Å². The maximum absolute atomic E-state index is 12.1. The summed E-state index contributed by atoms with van der Waals surface area (Å²) in [5.74, 6) is 0.844. The predicted molar refractivity (Wildman–Crippen MR) is 88.6 cm³/mol. The summed E-state index contributed by atoms with van der Waals surface area (Å²) in [7, 11) is 0. The van der Waals surface area contributed by atoms with Crippen molar-refractivity contribution in [3.8, 4) is 0 Å². The number of amides is 1. The molecule has 1 fully saturated rings. The van der Waals surface area contributed by atoms with Crippen LogP contribution < -0.4 is 11.1 Å². The van der Waals surface area contributed by atoms with Crippen molar-refractivity contribution in [3.05, 3.63) is 23.2 Å². The molecular weight excluding hydrogens is 286 g/mol. The van der Waals surface area contributed by atoms with Crippen molar-refractivity contribution >= 4 is 28.9 Å². The van der Waals surface area contributed by atoms with E-state index in [9.17, 15) is 4.79 Å². The number of likely N-dealkylation sites (tertiary alicyclic amines) is 1. The minimum Gasteiger partial charge on any atom is -0.397 e. The Morgan fingerprint density at radius 1 is 1.43 bits per heavy atom. The fourth-order valence-electron chi connectivity index (χ4n) is 2.87. The number of halogens is 1. The highest BCUT2D eigenvalue weighted by Gasteiger charge is 2.20. The Morgan fingerprint density at radius 2 is 2.14 bits per heavy atom. The van der Waals surface area contributed by atoms with E-state index in [1.54, 1.807) is 18.2 Å². The van der Waals surface area contributed by atoms with E-state index in [2.05, 4.69) is 17.1 Å². The van der Waals surface area contributed by atoms with Gasteiger partial charge in [-0.3, -0.25) is 9.69 Å². The third-order valence-electron chi connectivity index (χ3n) is 4.05. The standard InChI is InChI=1S/C16H24ClN3O/c1-2-3-12-6-8-20(9-7-12)11-16(21)19-13-4-5-14(17)15(18)10-13/h4-5,10,12H,2-3,6-9,11,18H2,1H3,(H,19,21). The molecule has 4 nitrogen and oxygen atoms in total. The Hall–Kier alpha value is -1.26. The van der Waals surface area contributed by atoms with E-state index in [1.807, 2.05) is 0 Å². The van der Waals surface area contributed by atoms with E-state index in [0.29, 0.717) is 22.9 Å². The fourth-order valence-corrected chi connectivity index (χ4v) is 2.98. The van der Waals surface area contributed by atoms with E-state index in [0.717, 1.165) is 19.0 Å². The zero-order valence-corrected chi connectivity index (χ0v) is 13.3. The van der Waals surface area contributed by atoms with Crippen LogP contribution in [0.4, 0.5) is 11.4 Å². The van der Waals surface area contributed by atoms with Gasteiger partial charge in [0.05, 0.1) is 17.3 Å². The molecule has 0 spiro atoms. The van der Waals surface area contributed by atoms with Crippen LogP contribution in [0.5, 0.6) is 0 Å². The van der Waals surface area contributed by atoms with Gasteiger partial charge in [-0.05, 0) is 50.0 Å². The number of hydrogen-bond acceptors (Lipinski definition) is 3. The van der Waals surface area contributed by atoms with E-state index >= 15 is 0 Å². The van der Waals surface area contributed by atoms with E-state index in [1.165, 1.54) is 25.7 Å². The third kappa shape index (κ3) is 4.90. The van der Waals surface area contributed by atoms with Gasteiger partial charge in [-0.25, -0.2) is 0 Å². The average molecular weight is 310 g/mol. The zero-order chi connectivity index (χ0) is 15.2. The monoisotopic (exact) mass is 309 g/mol. The summed E-state index contributed by atoms with van der Waals surface area (Å²) >= 11 is 5.87. The SMILES string of the molecule is CCCC1CCN(CC(=O)Nc2ccc(Cl)c(N)c2)CC1. The molecule has 0 atom stereocenters. The van der Waals surface area contributed by atoms with Gasteiger partial charge in [0.15, 0.2) is 0 Å². The molecule has 1 heterocycles. The highest BCUT2D eigenvalue weighted by atomic mass is 35.5. The number of rotatable bonds is 5. The minimum absolute atomic E-state index is 0.00524. The first-order valence-corrected chi connectivity index (χ1v) is 8.03. The Kier molecular flexibility index (Phi) is 5.88. The van der Waals surface area contributed by atoms with Crippen molar-refractivity contribution in [1.29, 1.82) is 0 Å². The summed E-state index contributed by atoms with van der Waals surface area (Å²) in [6.07, 6.45) is 4.97. The molecule has 0 bridgehead atoms. The molecule has 116 valence electrons. The van der Waals surface area contributed by atoms with Gasteiger partial charge in [0, 0.05) is 5.69 Å². The number of nitrogen functional groups attached to an aromatic ring is 1. The van der Waals surface area contributed by atoms with Crippen LogP contribution in [-0.4, -0.2) is 30.4 Å². The van der Waals surface area contributed by atoms with Crippen LogP contribution in [0, 0.1) is 5.92 Å². The van der Waals surface area contributed by atoms with Gasteiger partial charge in [-0.2, -0.15) is 0 Å². The van der Waals surface area contributed by atoms with Gasteiger partial charge in [-0.1, -0.05) is 31.4 Å². The molecule has 0 radical (unpaired) electrons. The lowest BCUT2D eigenvalue weighted by molar-refractivity contribution is -0.117. The van der Waals surface area contributed by atoms with Crippen molar-refractivity contribution in [2.24, 2.45) is 5.92 Å². The summed E-state index contributed by atoms with van der Waals surface area (Å²) in [5, 5.41) is 3.38. The number of nitrogens with zero attached hydrogens (tertiary/aromatic N) is 1. The molecule has 1 saturated heterocycles. The predicted octanol–water partition coefficient (Wildman–Crippen LogP) is 3.37. The summed E-state index contributed by atoms with van der Waals surface area (Å²) < 4.78 is 0. The maximum atomic E-state index is 12.1. The molecule has 1 aliphatic rings. The molecule has 1 aliphatic heterocycles. The molecule has 2 rings (SSSR count). The smallest absolute Gasteiger partial charge is 0.238 e. The molecule has 21 heavy (non-hydrogen) atoms. The van der Waals surface area contributed by atoms with E-state index in [-0.39, 0.29) is 5.91 Å². The molecule has 5 heteroatoms. The summed E-state index contributed by atoms with van der Waals surface area (Å²) in [6, 6.07) is 5.15. The van der Waals surface area contributed by atoms with E-state index in [4.69, 9.17) is 17.3 Å². The lowest BCUT2D eigenvalue weighted by Crippen LogP contribution is -2.39. The van der Waals surface area contributed by atoms with Crippen LogP contribution in [0.3, 0.4) is 0 Å². The van der Waals surface area contributed by atoms with Crippen LogP contribution in [-0.2, 0) is 4.79 Å². The molecule has 0 saturated carbocycles. The highest BCUT2D eigenvalue weighted by Crippen LogP contribution is 2.23. The number of nitrogens with two attached hydrogens (primary N) is 1. The van der Waals surface area contributed by atoms with Crippen LogP contribution in [0.15, 0.2) is 18.2 Å². The molecule has 0 aromatic heterocycles. The Bertz CT molecular complexity index is 484. The van der Waals surface area contributed by atoms with Crippen LogP contribution in [0.2, 0.25) is 5.02 Å². The lowest BCUT2D eigenvalue weighted by atomic mass is 9.92. The lowest BCUT2D eigenvalue weighted by Gasteiger charge is -2.31. The average Bonchev–Trinajstić information content (AvgIpc) is 2.45. The Labute approximate surface area is 131 Å². The largest absolute Gasteiger partial charge is 0.397 e. The Balaban J connectivity index is 1.78. The van der Waals surface area contributed by atoms with Crippen LogP contribution >= 0.6 is 11.6 Å². The molecular formula is C16H24ClN3O. The summed E-state index contributed by atoms with van der Waals surface area (Å²) in [5.41, 5.74) is 6.91. The molecule has 0 unspecified atom stereocenters. The number of benzene rings is 1.